The molecule has 1 aromatic heterocycles. The summed E-state index contributed by atoms with van der Waals surface area (Å²) in [6, 6.07) is 4.22. The van der Waals surface area contributed by atoms with Gasteiger partial charge >= 0.3 is 0 Å². The summed E-state index contributed by atoms with van der Waals surface area (Å²) in [5.74, 6) is 0. The molecular weight excluding hydrogens is 254 g/mol. The van der Waals surface area contributed by atoms with Crippen LogP contribution < -0.4 is 5.73 Å². The van der Waals surface area contributed by atoms with Crippen LogP contribution in [0.1, 0.15) is 22.1 Å². The number of thiophene rings is 1. The molecule has 0 amide bonds. The number of ether oxygens (including phenoxy) is 1. The summed E-state index contributed by atoms with van der Waals surface area (Å²) in [6.45, 7) is 3.33. The molecule has 3 rings (SSSR count). The van der Waals surface area contributed by atoms with E-state index in [2.05, 4.69) is 12.1 Å². The number of benzene rings is 1. The topological polar surface area (TPSA) is 35.2 Å². The van der Waals surface area contributed by atoms with Crippen molar-refractivity contribution in [2.24, 2.45) is 5.73 Å². The van der Waals surface area contributed by atoms with Crippen LogP contribution in [-0.4, -0.2) is 13.2 Å². The number of rotatable bonds is 1. The first kappa shape index (κ1) is 11.5. The second-order valence-corrected chi connectivity index (χ2v) is 5.82. The van der Waals surface area contributed by atoms with E-state index in [1.807, 2.05) is 6.92 Å². The van der Waals surface area contributed by atoms with Gasteiger partial charge in [0.2, 0.25) is 0 Å². The highest BCUT2D eigenvalue weighted by molar-refractivity contribution is 7.19. The van der Waals surface area contributed by atoms with E-state index in [4.69, 9.17) is 22.1 Å². The molecule has 1 aliphatic heterocycles. The Morgan fingerprint density at radius 1 is 1.53 bits per heavy atom. The Hall–Kier alpha value is -0.610. The summed E-state index contributed by atoms with van der Waals surface area (Å²) in [7, 11) is 0. The molecule has 2 heterocycles. The molecule has 1 atom stereocenters. The zero-order valence-electron chi connectivity index (χ0n) is 9.63. The first-order valence-corrected chi connectivity index (χ1v) is 6.94. The Balaban J connectivity index is 2.31. The molecule has 2 aromatic rings. The van der Waals surface area contributed by atoms with Crippen molar-refractivity contribution in [2.45, 2.75) is 19.4 Å². The molecule has 1 aliphatic rings. The first-order valence-electron chi connectivity index (χ1n) is 5.74. The van der Waals surface area contributed by atoms with Crippen molar-refractivity contribution in [3.05, 3.63) is 33.2 Å². The van der Waals surface area contributed by atoms with E-state index in [-0.39, 0.29) is 6.10 Å². The van der Waals surface area contributed by atoms with E-state index >= 15 is 0 Å². The molecule has 0 spiro atoms. The Bertz CT molecular complexity index is 578. The van der Waals surface area contributed by atoms with Crippen molar-refractivity contribution in [1.82, 2.24) is 0 Å². The molecule has 1 aromatic carbocycles. The molecule has 1 unspecified atom stereocenters. The van der Waals surface area contributed by atoms with Crippen LogP contribution >= 0.6 is 22.9 Å². The van der Waals surface area contributed by atoms with Gasteiger partial charge in [-0.25, -0.2) is 0 Å². The lowest BCUT2D eigenvalue weighted by Gasteiger charge is -2.21. The van der Waals surface area contributed by atoms with Gasteiger partial charge in [0.05, 0.1) is 11.6 Å². The van der Waals surface area contributed by atoms with Crippen LogP contribution in [0.5, 0.6) is 0 Å². The molecule has 0 aliphatic carbocycles. The molecule has 0 saturated carbocycles. The van der Waals surface area contributed by atoms with Gasteiger partial charge in [-0.1, -0.05) is 17.7 Å². The van der Waals surface area contributed by atoms with Gasteiger partial charge in [0.15, 0.2) is 0 Å². The third kappa shape index (κ3) is 1.69. The summed E-state index contributed by atoms with van der Waals surface area (Å²) < 4.78 is 6.94. The van der Waals surface area contributed by atoms with Crippen molar-refractivity contribution in [3.8, 4) is 0 Å². The minimum absolute atomic E-state index is 0.0486. The van der Waals surface area contributed by atoms with E-state index in [0.29, 0.717) is 6.54 Å². The monoisotopic (exact) mass is 267 g/mol. The molecular formula is C13H14ClNOS. The standard InChI is InChI=1S/C13H14ClNOS/c1-7-2-3-10-11(12(7)14)8-4-5-16-9(6-15)13(8)17-10/h2-3,9H,4-6,15H2,1H3. The minimum Gasteiger partial charge on any atom is -0.371 e. The SMILES string of the molecule is Cc1ccc2sc3c(c2c1Cl)CCOC3CN. The minimum atomic E-state index is 0.0486. The summed E-state index contributed by atoms with van der Waals surface area (Å²) in [6.07, 6.45) is 0.988. The average molecular weight is 268 g/mol. The van der Waals surface area contributed by atoms with Crippen LogP contribution in [0.3, 0.4) is 0 Å². The average Bonchev–Trinajstić information content (AvgIpc) is 2.72. The summed E-state index contributed by atoms with van der Waals surface area (Å²) in [5.41, 5.74) is 8.24. The van der Waals surface area contributed by atoms with Crippen LogP contribution in [0.4, 0.5) is 0 Å². The summed E-state index contributed by atoms with van der Waals surface area (Å²) in [4.78, 5) is 1.27. The Morgan fingerprint density at radius 2 is 2.35 bits per heavy atom. The van der Waals surface area contributed by atoms with E-state index in [1.165, 1.54) is 20.5 Å². The van der Waals surface area contributed by atoms with E-state index in [1.54, 1.807) is 11.3 Å². The molecule has 4 heteroatoms. The van der Waals surface area contributed by atoms with Crippen molar-refractivity contribution < 1.29 is 4.74 Å². The van der Waals surface area contributed by atoms with Crippen molar-refractivity contribution >= 4 is 33.0 Å². The lowest BCUT2D eigenvalue weighted by atomic mass is 10.0. The molecule has 0 fully saturated rings. The third-order valence-electron chi connectivity index (χ3n) is 3.29. The van der Waals surface area contributed by atoms with Gasteiger partial charge in [0.25, 0.3) is 0 Å². The van der Waals surface area contributed by atoms with Gasteiger partial charge in [-0.15, -0.1) is 11.3 Å². The van der Waals surface area contributed by atoms with Gasteiger partial charge in [-0.3, -0.25) is 0 Å². The number of nitrogens with two attached hydrogens (primary N) is 1. The largest absolute Gasteiger partial charge is 0.371 e. The smallest absolute Gasteiger partial charge is 0.104 e. The van der Waals surface area contributed by atoms with Gasteiger partial charge in [-0.2, -0.15) is 0 Å². The highest BCUT2D eigenvalue weighted by Gasteiger charge is 2.25. The molecule has 2 nitrogen and oxygen atoms in total. The maximum atomic E-state index is 6.43. The van der Waals surface area contributed by atoms with Crippen LogP contribution in [0.2, 0.25) is 5.02 Å². The number of hydrogen-bond donors (Lipinski definition) is 1. The maximum absolute atomic E-state index is 6.43. The fraction of sp³-hybridized carbons (Fsp3) is 0.385. The van der Waals surface area contributed by atoms with Crippen LogP contribution in [-0.2, 0) is 11.2 Å². The molecule has 90 valence electrons. The quantitative estimate of drug-likeness (QED) is 0.859. The summed E-state index contributed by atoms with van der Waals surface area (Å²) >= 11 is 8.20. The van der Waals surface area contributed by atoms with Gasteiger partial charge in [0.1, 0.15) is 6.10 Å². The Morgan fingerprint density at radius 3 is 3.12 bits per heavy atom. The Labute approximate surface area is 109 Å². The zero-order chi connectivity index (χ0) is 12.0. The number of hydrogen-bond acceptors (Lipinski definition) is 3. The Kier molecular flexibility index (Phi) is 2.87. The first-order chi connectivity index (χ1) is 8.22. The summed E-state index contributed by atoms with van der Waals surface area (Å²) in [5, 5.41) is 2.10. The lowest BCUT2D eigenvalue weighted by molar-refractivity contribution is 0.0519. The highest BCUT2D eigenvalue weighted by Crippen LogP contribution is 2.43. The third-order valence-corrected chi connectivity index (χ3v) is 5.07. The normalized spacial score (nSPS) is 19.6. The van der Waals surface area contributed by atoms with Crippen molar-refractivity contribution in [1.29, 1.82) is 0 Å². The second kappa shape index (κ2) is 4.25. The van der Waals surface area contributed by atoms with E-state index in [0.717, 1.165) is 23.6 Å². The molecule has 0 bridgehead atoms. The van der Waals surface area contributed by atoms with Crippen LogP contribution in [0.15, 0.2) is 12.1 Å². The van der Waals surface area contributed by atoms with Crippen molar-refractivity contribution in [3.63, 3.8) is 0 Å². The predicted octanol–water partition coefficient (Wildman–Crippen LogP) is 3.44. The molecule has 0 saturated heterocycles. The van der Waals surface area contributed by atoms with Crippen LogP contribution in [0, 0.1) is 6.92 Å². The van der Waals surface area contributed by atoms with Crippen molar-refractivity contribution in [2.75, 3.05) is 13.2 Å². The van der Waals surface area contributed by atoms with E-state index in [9.17, 15) is 0 Å². The highest BCUT2D eigenvalue weighted by atomic mass is 35.5. The number of aryl methyl sites for hydroxylation is 1. The maximum Gasteiger partial charge on any atom is 0.104 e. The fourth-order valence-electron chi connectivity index (χ4n) is 2.39. The lowest BCUT2D eigenvalue weighted by Crippen LogP contribution is -2.21. The predicted molar refractivity (Wildman–Crippen MR) is 73.0 cm³/mol. The number of halogens is 1. The van der Waals surface area contributed by atoms with Gasteiger partial charge in [-0.05, 0) is 30.5 Å². The number of fused-ring (bicyclic) bond motifs is 3. The molecule has 17 heavy (non-hydrogen) atoms. The van der Waals surface area contributed by atoms with Gasteiger partial charge < -0.3 is 10.5 Å². The molecule has 2 N–H and O–H groups in total. The molecule has 0 radical (unpaired) electrons. The van der Waals surface area contributed by atoms with Gasteiger partial charge in [0, 0.05) is 21.5 Å². The second-order valence-electron chi connectivity index (χ2n) is 4.36. The van der Waals surface area contributed by atoms with Crippen LogP contribution in [0.25, 0.3) is 10.1 Å². The fourth-order valence-corrected chi connectivity index (χ4v) is 4.05. The van der Waals surface area contributed by atoms with E-state index < -0.39 is 0 Å². The zero-order valence-corrected chi connectivity index (χ0v) is 11.2.